The van der Waals surface area contributed by atoms with Gasteiger partial charge in [-0.05, 0) is 6.92 Å². The third-order valence-corrected chi connectivity index (χ3v) is 1.01. The van der Waals surface area contributed by atoms with Crippen molar-refractivity contribution in [1.82, 2.24) is 0 Å². The molecule has 0 aromatic heterocycles. The van der Waals surface area contributed by atoms with Crippen LogP contribution in [0.1, 0.15) is 6.92 Å². The number of rotatable bonds is 2. The largest absolute Gasteiger partial charge is 0.671 e. The van der Waals surface area contributed by atoms with Crippen molar-refractivity contribution < 1.29 is 36.2 Å². The van der Waals surface area contributed by atoms with Crippen molar-refractivity contribution in [3.8, 4) is 0 Å². The molecule has 0 spiro atoms. The molecule has 0 aliphatic rings. The summed E-state index contributed by atoms with van der Waals surface area (Å²) in [6.45, 7) is 1.68. The summed E-state index contributed by atoms with van der Waals surface area (Å²) in [5.74, 6) is 0. The summed E-state index contributed by atoms with van der Waals surface area (Å²) in [5.41, 5.74) is 0. The average molecular weight is 176 g/mol. The van der Waals surface area contributed by atoms with E-state index in [1.807, 2.05) is 0 Å². The van der Waals surface area contributed by atoms with Crippen LogP contribution < -0.4 is 0 Å². The fourth-order valence-corrected chi connectivity index (χ4v) is 0.581. The van der Waals surface area contributed by atoms with E-state index in [0.29, 0.717) is 0 Å². The van der Waals surface area contributed by atoms with Gasteiger partial charge in [0.25, 0.3) is 0 Å². The van der Waals surface area contributed by atoms with Gasteiger partial charge in [0.2, 0.25) is 0 Å². The first-order valence-electron chi connectivity index (χ1n) is 1.87. The minimum absolute atomic E-state index is 0. The van der Waals surface area contributed by atoms with Crippen LogP contribution in [0, 0.1) is 0 Å². The molecule has 0 saturated carbocycles. The van der Waals surface area contributed by atoms with E-state index in [9.17, 15) is 0 Å². The maximum absolute atomic E-state index is 8.05. The van der Waals surface area contributed by atoms with Crippen molar-refractivity contribution in [2.75, 3.05) is 6.61 Å². The molecule has 0 unspecified atom stereocenters. The zero-order valence-corrected chi connectivity index (χ0v) is 6.64. The van der Waals surface area contributed by atoms with Crippen LogP contribution in [0.15, 0.2) is 0 Å². The van der Waals surface area contributed by atoms with E-state index >= 15 is 0 Å². The Bertz CT molecular complexity index is 52.5. The summed E-state index contributed by atoms with van der Waals surface area (Å²) in [6.07, 6.45) is 0. The summed E-state index contributed by atoms with van der Waals surface area (Å²) in [6, 6.07) is 0. The summed E-state index contributed by atoms with van der Waals surface area (Å²) in [7, 11) is -4.16. The molecule has 6 heteroatoms. The van der Waals surface area contributed by atoms with Crippen LogP contribution in [0.2, 0.25) is 0 Å². The van der Waals surface area contributed by atoms with Gasteiger partial charge in [-0.3, -0.25) is 0 Å². The van der Waals surface area contributed by atoms with E-state index in [2.05, 4.69) is 4.43 Å². The Balaban J connectivity index is 0. The maximum Gasteiger partial charge on any atom is 0.671 e. The van der Waals surface area contributed by atoms with Gasteiger partial charge >= 0.3 is 9.05 Å². The second kappa shape index (κ2) is 4.47. The molecule has 50 valence electrons. The molecule has 0 bridgehead atoms. The van der Waals surface area contributed by atoms with Gasteiger partial charge in [-0.1, -0.05) is 0 Å². The third-order valence-electron chi connectivity index (χ3n) is 0.338. The van der Waals surface area contributed by atoms with Crippen LogP contribution in [0.4, 0.5) is 0 Å². The standard InChI is InChI=1S/C2H8O4Si.Cr/c1-2-6-7(3,4)5;/h3-5H,2H2,1H3;. The van der Waals surface area contributed by atoms with Gasteiger partial charge in [-0.15, -0.1) is 0 Å². The zero-order chi connectivity index (χ0) is 5.91. The predicted octanol–water partition coefficient (Wildman–Crippen LogP) is -1.57. The first-order valence-corrected chi connectivity index (χ1v) is 3.62. The minimum Gasteiger partial charge on any atom is -0.368 e. The van der Waals surface area contributed by atoms with E-state index in [-0.39, 0.29) is 24.0 Å². The second-order valence-electron chi connectivity index (χ2n) is 1.01. The molecule has 0 aliphatic heterocycles. The van der Waals surface area contributed by atoms with Crippen LogP contribution in [-0.4, -0.2) is 30.0 Å². The molecule has 0 fully saturated rings. The molecule has 0 aromatic carbocycles. The van der Waals surface area contributed by atoms with Crippen molar-refractivity contribution in [2.24, 2.45) is 0 Å². The molecule has 4 nitrogen and oxygen atoms in total. The Morgan fingerprint density at radius 3 is 1.75 bits per heavy atom. The summed E-state index contributed by atoms with van der Waals surface area (Å²) >= 11 is 0. The van der Waals surface area contributed by atoms with Crippen LogP contribution in [0.25, 0.3) is 0 Å². The Labute approximate surface area is 59.3 Å². The van der Waals surface area contributed by atoms with Crippen LogP contribution in [0.5, 0.6) is 0 Å². The molecule has 8 heavy (non-hydrogen) atoms. The molecule has 0 amide bonds. The topological polar surface area (TPSA) is 69.9 Å². The summed E-state index contributed by atoms with van der Waals surface area (Å²) in [5, 5.41) is 0. The molecule has 0 heterocycles. The second-order valence-corrected chi connectivity index (χ2v) is 2.44. The monoisotopic (exact) mass is 176 g/mol. The molecule has 0 radical (unpaired) electrons. The maximum atomic E-state index is 8.05. The summed E-state index contributed by atoms with van der Waals surface area (Å²) in [4.78, 5) is 24.1. The van der Waals surface area contributed by atoms with E-state index in [4.69, 9.17) is 14.4 Å². The summed E-state index contributed by atoms with van der Waals surface area (Å²) < 4.78 is 4.03. The fourth-order valence-electron chi connectivity index (χ4n) is 0.194. The van der Waals surface area contributed by atoms with E-state index in [1.165, 1.54) is 0 Å². The van der Waals surface area contributed by atoms with Crippen LogP contribution in [0.3, 0.4) is 0 Å². The van der Waals surface area contributed by atoms with E-state index < -0.39 is 9.05 Å². The van der Waals surface area contributed by atoms with Gasteiger partial charge in [-0.25, -0.2) is 0 Å². The molecular weight excluding hydrogens is 168 g/mol. The first-order chi connectivity index (χ1) is 3.06. The Morgan fingerprint density at radius 1 is 1.38 bits per heavy atom. The van der Waals surface area contributed by atoms with Crippen molar-refractivity contribution in [3.63, 3.8) is 0 Å². The van der Waals surface area contributed by atoms with Crippen molar-refractivity contribution in [3.05, 3.63) is 0 Å². The zero-order valence-electron chi connectivity index (χ0n) is 4.37. The minimum atomic E-state index is -4.16. The molecule has 0 saturated heterocycles. The van der Waals surface area contributed by atoms with Gasteiger partial charge in [0, 0.05) is 24.0 Å². The Kier molecular flexibility index (Phi) is 6.36. The van der Waals surface area contributed by atoms with Gasteiger partial charge in [0.05, 0.1) is 0 Å². The predicted molar refractivity (Wildman–Crippen MR) is 24.0 cm³/mol. The molecule has 3 N–H and O–H groups in total. The third kappa shape index (κ3) is 9.77. The first kappa shape index (κ1) is 11.4. The van der Waals surface area contributed by atoms with Gasteiger partial charge < -0.3 is 18.8 Å². The van der Waals surface area contributed by atoms with E-state index in [1.54, 1.807) is 6.92 Å². The smallest absolute Gasteiger partial charge is 0.368 e. The molecule has 0 aromatic rings. The SMILES string of the molecule is CCO[Si](O)(O)O.[Cr]. The number of hydrogen-bond donors (Lipinski definition) is 3. The van der Waals surface area contributed by atoms with Crippen molar-refractivity contribution in [2.45, 2.75) is 6.92 Å². The van der Waals surface area contributed by atoms with Crippen LogP contribution in [-0.2, 0) is 21.8 Å². The van der Waals surface area contributed by atoms with Crippen LogP contribution >= 0.6 is 0 Å². The van der Waals surface area contributed by atoms with Gasteiger partial charge in [0.1, 0.15) is 0 Å². The van der Waals surface area contributed by atoms with Crippen molar-refractivity contribution in [1.29, 1.82) is 0 Å². The molecule has 0 aliphatic carbocycles. The Morgan fingerprint density at radius 2 is 1.75 bits per heavy atom. The van der Waals surface area contributed by atoms with Gasteiger partial charge in [-0.2, -0.15) is 0 Å². The quantitative estimate of drug-likeness (QED) is 0.445. The normalized spacial score (nSPS) is 10.5. The molecule has 0 atom stereocenters. The van der Waals surface area contributed by atoms with E-state index in [0.717, 1.165) is 0 Å². The van der Waals surface area contributed by atoms with Crippen molar-refractivity contribution >= 4 is 9.05 Å². The fraction of sp³-hybridized carbons (Fsp3) is 1.00. The molecule has 0 rings (SSSR count). The molecular formula is C2H8CrO4Si. The Hall–Kier alpha value is 0.589. The van der Waals surface area contributed by atoms with Gasteiger partial charge in [0.15, 0.2) is 0 Å². The average Bonchev–Trinajstić information content (AvgIpc) is 1.30. The number of hydrogen-bond acceptors (Lipinski definition) is 4.